The molecule has 0 aliphatic rings. The number of amides is 2. The highest BCUT2D eigenvalue weighted by Gasteiger charge is 2.19. The van der Waals surface area contributed by atoms with Crippen LogP contribution >= 0.6 is 11.6 Å². The normalized spacial score (nSPS) is 11.4. The summed E-state index contributed by atoms with van der Waals surface area (Å²) in [5.74, 6) is 0.111. The van der Waals surface area contributed by atoms with Crippen LogP contribution in [0.1, 0.15) is 31.4 Å². The van der Waals surface area contributed by atoms with Crippen molar-refractivity contribution in [1.82, 2.24) is 5.32 Å². The van der Waals surface area contributed by atoms with Crippen LogP contribution in [0.2, 0.25) is 5.02 Å². The number of esters is 1. The van der Waals surface area contributed by atoms with E-state index in [4.69, 9.17) is 21.1 Å². The first-order valence-corrected chi connectivity index (χ1v) is 9.03. The van der Waals surface area contributed by atoms with Crippen molar-refractivity contribution < 1.29 is 19.1 Å². The molecule has 0 aliphatic heterocycles. The fourth-order valence-corrected chi connectivity index (χ4v) is 2.61. The number of ether oxygens (including phenoxy) is 2. The summed E-state index contributed by atoms with van der Waals surface area (Å²) >= 11 is 6.04. The molecular formula is C20H23ClN2O4. The number of methoxy groups -OCH3 is 1. The van der Waals surface area contributed by atoms with Crippen LogP contribution < -0.4 is 15.4 Å². The van der Waals surface area contributed by atoms with Gasteiger partial charge < -0.3 is 20.1 Å². The molecule has 2 amide bonds. The Hall–Kier alpha value is -2.73. The molecular weight excluding hydrogens is 368 g/mol. The Morgan fingerprint density at radius 1 is 1.15 bits per heavy atom. The van der Waals surface area contributed by atoms with E-state index in [9.17, 15) is 9.59 Å². The zero-order chi connectivity index (χ0) is 19.6. The van der Waals surface area contributed by atoms with Gasteiger partial charge in [-0.25, -0.2) is 4.79 Å². The van der Waals surface area contributed by atoms with E-state index in [1.54, 1.807) is 18.2 Å². The van der Waals surface area contributed by atoms with Crippen molar-refractivity contribution in [3.63, 3.8) is 0 Å². The first kappa shape index (κ1) is 20.6. The molecule has 2 rings (SSSR count). The molecule has 0 fully saturated rings. The minimum Gasteiger partial charge on any atom is -0.491 e. The van der Waals surface area contributed by atoms with Crippen LogP contribution in [0.4, 0.5) is 10.5 Å². The Balaban J connectivity index is 2.13. The predicted octanol–water partition coefficient (Wildman–Crippen LogP) is 4.55. The highest BCUT2D eigenvalue weighted by molar-refractivity contribution is 6.31. The van der Waals surface area contributed by atoms with Gasteiger partial charge in [-0.05, 0) is 30.2 Å². The molecule has 1 atom stereocenters. The number of halogens is 1. The van der Waals surface area contributed by atoms with Crippen molar-refractivity contribution in [3.8, 4) is 5.75 Å². The predicted molar refractivity (Wildman–Crippen MR) is 105 cm³/mol. The molecule has 1 unspecified atom stereocenters. The zero-order valence-electron chi connectivity index (χ0n) is 15.3. The van der Waals surface area contributed by atoms with Gasteiger partial charge in [0.05, 0.1) is 31.9 Å². The number of hydrogen-bond donors (Lipinski definition) is 2. The van der Waals surface area contributed by atoms with E-state index < -0.39 is 18.0 Å². The Morgan fingerprint density at radius 2 is 1.89 bits per heavy atom. The summed E-state index contributed by atoms with van der Waals surface area (Å²) in [6.45, 7) is 2.51. The van der Waals surface area contributed by atoms with Gasteiger partial charge in [-0.1, -0.05) is 48.9 Å². The summed E-state index contributed by atoms with van der Waals surface area (Å²) in [5.41, 5.74) is 1.25. The molecule has 0 aliphatic carbocycles. The molecule has 7 heteroatoms. The Labute approximate surface area is 163 Å². The largest absolute Gasteiger partial charge is 0.491 e. The maximum Gasteiger partial charge on any atom is 0.319 e. The standard InChI is InChI=1S/C20H23ClN2O4/c1-3-11-27-18-10-9-15(21)12-17(18)23-20(25)22-16(13-19(24)26-2)14-7-5-4-6-8-14/h4-10,12,16H,3,11,13H2,1-2H3,(H2,22,23,25). The zero-order valence-corrected chi connectivity index (χ0v) is 16.1. The van der Waals surface area contributed by atoms with E-state index >= 15 is 0 Å². The van der Waals surface area contributed by atoms with Gasteiger partial charge in [0, 0.05) is 5.02 Å². The van der Waals surface area contributed by atoms with E-state index in [1.807, 2.05) is 37.3 Å². The van der Waals surface area contributed by atoms with E-state index in [0.717, 1.165) is 12.0 Å². The Bertz CT molecular complexity index is 768. The van der Waals surface area contributed by atoms with Gasteiger partial charge in [0.1, 0.15) is 5.75 Å². The average Bonchev–Trinajstić information content (AvgIpc) is 2.67. The fourth-order valence-electron chi connectivity index (χ4n) is 2.44. The molecule has 0 bridgehead atoms. The lowest BCUT2D eigenvalue weighted by atomic mass is 10.0. The molecule has 0 radical (unpaired) electrons. The van der Waals surface area contributed by atoms with Gasteiger partial charge in [0.2, 0.25) is 0 Å². The van der Waals surface area contributed by atoms with E-state index in [2.05, 4.69) is 10.6 Å². The van der Waals surface area contributed by atoms with E-state index in [-0.39, 0.29) is 6.42 Å². The number of urea groups is 1. The number of carbonyl (C=O) groups is 2. The average molecular weight is 391 g/mol. The molecule has 0 spiro atoms. The minimum atomic E-state index is -0.530. The summed E-state index contributed by atoms with van der Waals surface area (Å²) in [7, 11) is 1.31. The third-order valence-corrected chi connectivity index (χ3v) is 3.99. The van der Waals surface area contributed by atoms with Gasteiger partial charge in [0.15, 0.2) is 0 Å². The molecule has 2 aromatic rings. The van der Waals surface area contributed by atoms with Crippen LogP contribution in [-0.2, 0) is 9.53 Å². The molecule has 0 saturated carbocycles. The lowest BCUT2D eigenvalue weighted by Crippen LogP contribution is -2.34. The highest BCUT2D eigenvalue weighted by Crippen LogP contribution is 2.28. The van der Waals surface area contributed by atoms with Crippen molar-refractivity contribution in [1.29, 1.82) is 0 Å². The third-order valence-electron chi connectivity index (χ3n) is 3.76. The van der Waals surface area contributed by atoms with Gasteiger partial charge in [0.25, 0.3) is 0 Å². The van der Waals surface area contributed by atoms with E-state index in [0.29, 0.717) is 23.1 Å². The summed E-state index contributed by atoms with van der Waals surface area (Å²) in [5, 5.41) is 6.02. The lowest BCUT2D eigenvalue weighted by molar-refractivity contribution is -0.141. The second-order valence-corrected chi connectivity index (χ2v) is 6.27. The summed E-state index contributed by atoms with van der Waals surface area (Å²) in [6.07, 6.45) is 0.853. The molecule has 2 aromatic carbocycles. The first-order valence-electron chi connectivity index (χ1n) is 8.65. The van der Waals surface area contributed by atoms with Crippen molar-refractivity contribution in [2.24, 2.45) is 0 Å². The lowest BCUT2D eigenvalue weighted by Gasteiger charge is -2.19. The second-order valence-electron chi connectivity index (χ2n) is 5.83. The molecule has 0 heterocycles. The fraction of sp³-hybridized carbons (Fsp3) is 0.300. The number of anilines is 1. The molecule has 27 heavy (non-hydrogen) atoms. The summed E-state index contributed by atoms with van der Waals surface area (Å²) in [6, 6.07) is 13.2. The van der Waals surface area contributed by atoms with Crippen LogP contribution in [0.15, 0.2) is 48.5 Å². The maximum atomic E-state index is 12.5. The number of rotatable bonds is 8. The van der Waals surface area contributed by atoms with Gasteiger partial charge in [-0.2, -0.15) is 0 Å². The van der Waals surface area contributed by atoms with Crippen LogP contribution in [0.5, 0.6) is 5.75 Å². The third kappa shape index (κ3) is 6.49. The molecule has 6 nitrogen and oxygen atoms in total. The SMILES string of the molecule is CCCOc1ccc(Cl)cc1NC(=O)NC(CC(=O)OC)c1ccccc1. The van der Waals surface area contributed by atoms with Crippen molar-refractivity contribution in [3.05, 3.63) is 59.1 Å². The van der Waals surface area contributed by atoms with Gasteiger partial charge in [-0.15, -0.1) is 0 Å². The van der Waals surface area contributed by atoms with Crippen LogP contribution in [-0.4, -0.2) is 25.7 Å². The van der Waals surface area contributed by atoms with Crippen LogP contribution in [0.3, 0.4) is 0 Å². The van der Waals surface area contributed by atoms with Gasteiger partial charge >= 0.3 is 12.0 Å². The topological polar surface area (TPSA) is 76.7 Å². The number of benzene rings is 2. The highest BCUT2D eigenvalue weighted by atomic mass is 35.5. The number of carbonyl (C=O) groups excluding carboxylic acids is 2. The van der Waals surface area contributed by atoms with Crippen molar-refractivity contribution >= 4 is 29.3 Å². The number of nitrogens with one attached hydrogen (secondary N) is 2. The van der Waals surface area contributed by atoms with Crippen LogP contribution in [0, 0.1) is 0 Å². The van der Waals surface area contributed by atoms with E-state index in [1.165, 1.54) is 7.11 Å². The smallest absolute Gasteiger partial charge is 0.319 e. The first-order chi connectivity index (χ1) is 13.0. The van der Waals surface area contributed by atoms with Crippen molar-refractivity contribution in [2.45, 2.75) is 25.8 Å². The monoisotopic (exact) mass is 390 g/mol. The minimum absolute atomic E-state index is 0.0165. The summed E-state index contributed by atoms with van der Waals surface area (Å²) < 4.78 is 10.4. The molecule has 0 saturated heterocycles. The van der Waals surface area contributed by atoms with Crippen LogP contribution in [0.25, 0.3) is 0 Å². The summed E-state index contributed by atoms with van der Waals surface area (Å²) in [4.78, 5) is 24.3. The molecule has 0 aromatic heterocycles. The Morgan fingerprint density at radius 3 is 2.56 bits per heavy atom. The van der Waals surface area contributed by atoms with Gasteiger partial charge in [-0.3, -0.25) is 4.79 Å². The quantitative estimate of drug-likeness (QED) is 0.648. The number of hydrogen-bond acceptors (Lipinski definition) is 4. The van der Waals surface area contributed by atoms with Crippen molar-refractivity contribution in [2.75, 3.05) is 19.0 Å². The Kier molecular flexibility index (Phi) is 7.95. The molecule has 2 N–H and O–H groups in total. The maximum absolute atomic E-state index is 12.5. The second kappa shape index (κ2) is 10.4. The molecule has 144 valence electrons.